The van der Waals surface area contributed by atoms with E-state index in [0.29, 0.717) is 43.5 Å². The molecule has 0 fully saturated rings. The van der Waals surface area contributed by atoms with Gasteiger partial charge in [0.2, 0.25) is 0 Å². The maximum atomic E-state index is 12.2. The highest BCUT2D eigenvalue weighted by Crippen LogP contribution is 2.32. The maximum absolute atomic E-state index is 12.2. The van der Waals surface area contributed by atoms with Gasteiger partial charge in [0.05, 0.1) is 6.61 Å². The van der Waals surface area contributed by atoms with Gasteiger partial charge < -0.3 is 24.8 Å². The molecule has 116 valence electrons. The van der Waals surface area contributed by atoms with Crippen molar-refractivity contribution in [3.8, 4) is 11.5 Å². The Morgan fingerprint density at radius 1 is 1.29 bits per heavy atom. The number of benzene rings is 1. The summed E-state index contributed by atoms with van der Waals surface area (Å²) in [5.41, 5.74) is 0.656. The maximum Gasteiger partial charge on any atom is 0.321 e. The zero-order valence-corrected chi connectivity index (χ0v) is 12.3. The lowest BCUT2D eigenvalue weighted by Gasteiger charge is -2.23. The molecule has 2 amide bonds. The van der Waals surface area contributed by atoms with Crippen molar-refractivity contribution in [3.05, 3.63) is 18.2 Å². The fourth-order valence-corrected chi connectivity index (χ4v) is 2.11. The molecule has 0 saturated heterocycles. The summed E-state index contributed by atoms with van der Waals surface area (Å²) in [4.78, 5) is 13.8. The number of ether oxygens (including phenoxy) is 2. The van der Waals surface area contributed by atoms with Gasteiger partial charge in [-0.05, 0) is 18.6 Å². The molecule has 1 heterocycles. The van der Waals surface area contributed by atoms with Gasteiger partial charge in [-0.15, -0.1) is 0 Å². The minimum absolute atomic E-state index is 0.0434. The zero-order chi connectivity index (χ0) is 15.1. The second-order valence-electron chi connectivity index (χ2n) is 4.85. The van der Waals surface area contributed by atoms with Crippen molar-refractivity contribution < 1.29 is 19.4 Å². The van der Waals surface area contributed by atoms with E-state index < -0.39 is 0 Å². The van der Waals surface area contributed by atoms with Gasteiger partial charge in [-0.2, -0.15) is 0 Å². The van der Waals surface area contributed by atoms with Crippen LogP contribution in [0.25, 0.3) is 0 Å². The molecule has 0 unspecified atom stereocenters. The number of aliphatic hydroxyl groups is 1. The summed E-state index contributed by atoms with van der Waals surface area (Å²) in [6, 6.07) is 5.10. The smallest absolute Gasteiger partial charge is 0.321 e. The van der Waals surface area contributed by atoms with Gasteiger partial charge in [0.1, 0.15) is 13.2 Å². The average Bonchev–Trinajstić information content (AvgIpc) is 2.51. The highest BCUT2D eigenvalue weighted by atomic mass is 16.6. The molecule has 0 bridgehead atoms. The number of nitrogens with one attached hydrogen (secondary N) is 1. The number of anilines is 1. The Morgan fingerprint density at radius 3 is 2.76 bits per heavy atom. The summed E-state index contributed by atoms with van der Waals surface area (Å²) in [6.07, 6.45) is 1.91. The molecule has 2 rings (SSSR count). The Kier molecular flexibility index (Phi) is 5.68. The second-order valence-corrected chi connectivity index (χ2v) is 4.85. The first-order valence-electron chi connectivity index (χ1n) is 7.31. The third-order valence-corrected chi connectivity index (χ3v) is 3.23. The van der Waals surface area contributed by atoms with Gasteiger partial charge in [-0.25, -0.2) is 4.79 Å². The number of rotatable bonds is 6. The van der Waals surface area contributed by atoms with E-state index in [4.69, 9.17) is 14.6 Å². The Balaban J connectivity index is 2.00. The van der Waals surface area contributed by atoms with Crippen LogP contribution in [-0.4, -0.2) is 48.9 Å². The first kappa shape index (κ1) is 15.4. The molecule has 21 heavy (non-hydrogen) atoms. The minimum Gasteiger partial charge on any atom is -0.486 e. The fourth-order valence-electron chi connectivity index (χ4n) is 2.11. The molecule has 1 aromatic carbocycles. The molecule has 0 saturated carbocycles. The second kappa shape index (κ2) is 7.73. The molecule has 0 radical (unpaired) electrons. The van der Waals surface area contributed by atoms with Crippen LogP contribution in [0.3, 0.4) is 0 Å². The number of aliphatic hydroxyl groups excluding tert-OH is 1. The summed E-state index contributed by atoms with van der Waals surface area (Å²) in [5, 5.41) is 11.9. The van der Waals surface area contributed by atoms with Crippen molar-refractivity contribution in [2.24, 2.45) is 0 Å². The third kappa shape index (κ3) is 4.26. The molecular weight excluding hydrogens is 272 g/mol. The number of amides is 2. The van der Waals surface area contributed by atoms with Gasteiger partial charge >= 0.3 is 6.03 Å². The van der Waals surface area contributed by atoms with Gasteiger partial charge in [0, 0.05) is 24.8 Å². The van der Waals surface area contributed by atoms with E-state index in [2.05, 4.69) is 12.2 Å². The lowest BCUT2D eigenvalue weighted by atomic mass is 10.2. The van der Waals surface area contributed by atoms with Crippen LogP contribution in [0.5, 0.6) is 11.5 Å². The van der Waals surface area contributed by atoms with Crippen molar-refractivity contribution >= 4 is 11.7 Å². The molecule has 1 aromatic rings. The van der Waals surface area contributed by atoms with Gasteiger partial charge in [0.25, 0.3) is 0 Å². The van der Waals surface area contributed by atoms with Crippen molar-refractivity contribution in [2.75, 3.05) is 38.2 Å². The number of urea groups is 1. The van der Waals surface area contributed by atoms with Crippen molar-refractivity contribution in [1.82, 2.24) is 4.90 Å². The van der Waals surface area contributed by atoms with E-state index in [-0.39, 0.29) is 12.6 Å². The van der Waals surface area contributed by atoms with Crippen LogP contribution >= 0.6 is 0 Å². The van der Waals surface area contributed by atoms with Crippen LogP contribution in [0.2, 0.25) is 0 Å². The summed E-state index contributed by atoms with van der Waals surface area (Å²) < 4.78 is 10.9. The molecule has 0 spiro atoms. The standard InChI is InChI=1S/C15H22N2O4/c1-2-3-6-17(7-8-18)15(19)16-12-4-5-13-14(11-12)21-10-9-20-13/h4-5,11,18H,2-3,6-10H2,1H3,(H,16,19). The zero-order valence-electron chi connectivity index (χ0n) is 12.3. The number of unbranched alkanes of at least 4 members (excludes halogenated alkanes) is 1. The van der Waals surface area contributed by atoms with Crippen LogP contribution < -0.4 is 14.8 Å². The first-order valence-corrected chi connectivity index (χ1v) is 7.31. The lowest BCUT2D eigenvalue weighted by molar-refractivity contribution is 0.171. The number of carbonyl (C=O) groups excluding carboxylic acids is 1. The summed E-state index contributed by atoms with van der Waals surface area (Å²) in [7, 11) is 0. The third-order valence-electron chi connectivity index (χ3n) is 3.23. The quantitative estimate of drug-likeness (QED) is 0.842. The van der Waals surface area contributed by atoms with E-state index in [9.17, 15) is 4.79 Å². The Hall–Kier alpha value is -1.95. The van der Waals surface area contributed by atoms with Gasteiger partial charge in [-0.1, -0.05) is 13.3 Å². The normalized spacial score (nSPS) is 12.9. The number of hydrogen-bond acceptors (Lipinski definition) is 4. The molecule has 6 nitrogen and oxygen atoms in total. The molecule has 0 aliphatic carbocycles. The van der Waals surface area contributed by atoms with Crippen molar-refractivity contribution in [3.63, 3.8) is 0 Å². The Labute approximate surface area is 124 Å². The van der Waals surface area contributed by atoms with Crippen LogP contribution in [0.4, 0.5) is 10.5 Å². The number of carbonyl (C=O) groups is 1. The van der Waals surface area contributed by atoms with Crippen LogP contribution in [0.15, 0.2) is 18.2 Å². The first-order chi connectivity index (χ1) is 10.2. The number of nitrogens with zero attached hydrogens (tertiary/aromatic N) is 1. The number of hydrogen-bond donors (Lipinski definition) is 2. The highest BCUT2D eigenvalue weighted by molar-refractivity contribution is 5.89. The molecule has 6 heteroatoms. The van der Waals surface area contributed by atoms with E-state index >= 15 is 0 Å². The summed E-state index contributed by atoms with van der Waals surface area (Å²) in [6.45, 7) is 4.04. The number of fused-ring (bicyclic) bond motifs is 1. The Bertz CT molecular complexity index is 479. The molecule has 1 aliphatic rings. The van der Waals surface area contributed by atoms with Gasteiger partial charge in [-0.3, -0.25) is 0 Å². The van der Waals surface area contributed by atoms with E-state index in [1.165, 1.54) is 0 Å². The largest absolute Gasteiger partial charge is 0.486 e. The fraction of sp³-hybridized carbons (Fsp3) is 0.533. The molecular formula is C15H22N2O4. The summed E-state index contributed by atoms with van der Waals surface area (Å²) >= 11 is 0. The Morgan fingerprint density at radius 2 is 2.05 bits per heavy atom. The summed E-state index contributed by atoms with van der Waals surface area (Å²) in [5.74, 6) is 1.33. The van der Waals surface area contributed by atoms with Gasteiger partial charge in [0.15, 0.2) is 11.5 Å². The minimum atomic E-state index is -0.214. The highest BCUT2D eigenvalue weighted by Gasteiger charge is 2.15. The van der Waals surface area contributed by atoms with Crippen LogP contribution in [-0.2, 0) is 0 Å². The predicted molar refractivity (Wildman–Crippen MR) is 80.0 cm³/mol. The van der Waals surface area contributed by atoms with Crippen LogP contribution in [0.1, 0.15) is 19.8 Å². The van der Waals surface area contributed by atoms with Crippen molar-refractivity contribution in [2.45, 2.75) is 19.8 Å². The monoisotopic (exact) mass is 294 g/mol. The molecule has 0 aromatic heterocycles. The average molecular weight is 294 g/mol. The van der Waals surface area contributed by atoms with E-state index in [1.54, 1.807) is 23.1 Å². The van der Waals surface area contributed by atoms with E-state index in [0.717, 1.165) is 12.8 Å². The SMILES string of the molecule is CCCCN(CCO)C(=O)Nc1ccc2c(c1)OCCO2. The molecule has 2 N–H and O–H groups in total. The topological polar surface area (TPSA) is 71.0 Å². The van der Waals surface area contributed by atoms with Crippen molar-refractivity contribution in [1.29, 1.82) is 0 Å². The van der Waals surface area contributed by atoms with Crippen LogP contribution in [0, 0.1) is 0 Å². The molecule has 0 atom stereocenters. The van der Waals surface area contributed by atoms with E-state index in [1.807, 2.05) is 0 Å². The lowest BCUT2D eigenvalue weighted by Crippen LogP contribution is -2.37. The molecule has 1 aliphatic heterocycles. The predicted octanol–water partition coefficient (Wildman–Crippen LogP) is 2.08.